The van der Waals surface area contributed by atoms with E-state index in [2.05, 4.69) is 20.4 Å². The van der Waals surface area contributed by atoms with E-state index in [1.54, 1.807) is 62.5 Å². The Labute approximate surface area is 305 Å². The molecule has 13 heteroatoms. The molecule has 0 bridgehead atoms. The smallest absolute Gasteiger partial charge is 0.334 e. The molecule has 4 amide bonds. The number of carbonyl (C=O) groups is 3. The van der Waals surface area contributed by atoms with Crippen LogP contribution < -0.4 is 5.32 Å². The number of aromatic nitrogens is 3. The van der Waals surface area contributed by atoms with Gasteiger partial charge >= 0.3 is 6.03 Å². The molecule has 13 nitrogen and oxygen atoms in total. The highest BCUT2D eigenvalue weighted by molar-refractivity contribution is 5.92. The van der Waals surface area contributed by atoms with Gasteiger partial charge in [-0.05, 0) is 53.1 Å². The Balaban J connectivity index is 1.16. The monoisotopic (exact) mass is 708 g/mol. The molecule has 5 heterocycles. The second-order valence-electron chi connectivity index (χ2n) is 13.1. The van der Waals surface area contributed by atoms with Crippen molar-refractivity contribution in [2.24, 2.45) is 0 Å². The number of amides is 4. The number of pyridine rings is 2. The van der Waals surface area contributed by atoms with Gasteiger partial charge in [0, 0.05) is 43.4 Å². The van der Waals surface area contributed by atoms with Crippen molar-refractivity contribution in [1.82, 2.24) is 40.3 Å². The van der Waals surface area contributed by atoms with Gasteiger partial charge in [-0.25, -0.2) is 9.80 Å². The van der Waals surface area contributed by atoms with E-state index in [9.17, 15) is 19.5 Å². The molecule has 3 aromatic heterocycles. The van der Waals surface area contributed by atoms with Gasteiger partial charge in [0.1, 0.15) is 23.7 Å². The molecule has 2 fully saturated rings. The van der Waals surface area contributed by atoms with Crippen LogP contribution in [0.5, 0.6) is 5.75 Å². The first-order chi connectivity index (χ1) is 25.9. The Kier molecular flexibility index (Phi) is 9.21. The first-order valence-electron chi connectivity index (χ1n) is 17.3. The van der Waals surface area contributed by atoms with Crippen molar-refractivity contribution in [3.05, 3.63) is 144 Å². The van der Waals surface area contributed by atoms with E-state index in [1.807, 2.05) is 78.9 Å². The first-order valence-corrected chi connectivity index (χ1v) is 17.3. The zero-order valence-electron chi connectivity index (χ0n) is 28.7. The largest absolute Gasteiger partial charge is 0.508 e. The third-order valence-electron chi connectivity index (χ3n) is 9.61. The lowest BCUT2D eigenvalue weighted by molar-refractivity contribution is -0.193. The van der Waals surface area contributed by atoms with Crippen molar-refractivity contribution in [1.29, 1.82) is 0 Å². The van der Waals surface area contributed by atoms with Crippen LogP contribution in [0, 0.1) is 0 Å². The van der Waals surface area contributed by atoms with Crippen molar-refractivity contribution in [2.45, 2.75) is 38.3 Å². The number of phenolic OH excluding ortho intramolecular Hbond substituents is 1. The van der Waals surface area contributed by atoms with Gasteiger partial charge in [0.25, 0.3) is 0 Å². The summed E-state index contributed by atoms with van der Waals surface area (Å²) in [4.78, 5) is 55.4. The number of hydrogen-bond acceptors (Lipinski definition) is 9. The molecular weight excluding hydrogens is 672 g/mol. The van der Waals surface area contributed by atoms with Crippen molar-refractivity contribution in [3.63, 3.8) is 0 Å². The number of hydrogen-bond donors (Lipinski definition) is 2. The molecule has 0 aliphatic carbocycles. The third kappa shape index (κ3) is 7.02. The topological polar surface area (TPSA) is 148 Å². The second kappa shape index (κ2) is 14.6. The van der Waals surface area contributed by atoms with E-state index < -0.39 is 18.2 Å². The average molecular weight is 709 g/mol. The number of nitrogens with zero attached hydrogens (tertiary/aromatic N) is 7. The van der Waals surface area contributed by atoms with Crippen LogP contribution in [-0.4, -0.2) is 83.2 Å². The van der Waals surface area contributed by atoms with Crippen LogP contribution >= 0.6 is 0 Å². The van der Waals surface area contributed by atoms with E-state index in [-0.39, 0.29) is 56.7 Å². The van der Waals surface area contributed by atoms with Crippen molar-refractivity contribution in [2.75, 3.05) is 13.1 Å². The molecule has 53 heavy (non-hydrogen) atoms. The maximum Gasteiger partial charge on any atom is 0.334 e. The molecule has 6 aromatic rings. The molecule has 3 aromatic carbocycles. The number of aromatic hydroxyl groups is 1. The first kappa shape index (κ1) is 33.5. The third-order valence-corrected chi connectivity index (χ3v) is 9.61. The summed E-state index contributed by atoms with van der Waals surface area (Å²) in [5.74, 6) is -0.0209. The Morgan fingerprint density at radius 2 is 1.64 bits per heavy atom. The normalized spacial score (nSPS) is 17.6. The van der Waals surface area contributed by atoms with Crippen molar-refractivity contribution >= 4 is 28.7 Å². The molecule has 0 radical (unpaired) electrons. The number of nitrogens with one attached hydrogen (secondary N) is 1. The Morgan fingerprint density at radius 1 is 0.830 bits per heavy atom. The van der Waals surface area contributed by atoms with Gasteiger partial charge in [-0.2, -0.15) is 5.01 Å². The summed E-state index contributed by atoms with van der Waals surface area (Å²) in [6.07, 6.45) is 2.72. The van der Waals surface area contributed by atoms with Gasteiger partial charge in [0.05, 0.1) is 30.8 Å². The highest BCUT2D eigenvalue weighted by Gasteiger charge is 2.51. The molecule has 266 valence electrons. The summed E-state index contributed by atoms with van der Waals surface area (Å²) in [7, 11) is 0. The minimum atomic E-state index is -0.925. The molecular formula is C40H36N8O5. The fourth-order valence-corrected chi connectivity index (χ4v) is 7.10. The maximum atomic E-state index is 14.5. The maximum absolute atomic E-state index is 14.5. The number of carbonyl (C=O) groups excluding carboxylic acids is 3. The molecule has 2 atom stereocenters. The highest BCUT2D eigenvalue weighted by atomic mass is 16.5. The van der Waals surface area contributed by atoms with E-state index in [0.29, 0.717) is 17.1 Å². The lowest BCUT2D eigenvalue weighted by Gasteiger charge is -2.55. The van der Waals surface area contributed by atoms with Gasteiger partial charge in [0.2, 0.25) is 11.8 Å². The van der Waals surface area contributed by atoms with E-state index >= 15 is 0 Å². The molecule has 2 unspecified atom stereocenters. The van der Waals surface area contributed by atoms with Crippen LogP contribution in [0.4, 0.5) is 4.79 Å². The minimum absolute atomic E-state index is 0.0537. The lowest BCUT2D eigenvalue weighted by Crippen LogP contribution is -2.76. The van der Waals surface area contributed by atoms with Gasteiger partial charge in [0.15, 0.2) is 5.76 Å². The molecule has 0 spiro atoms. The number of piperazine rings is 1. The van der Waals surface area contributed by atoms with Crippen LogP contribution in [0.1, 0.15) is 22.5 Å². The van der Waals surface area contributed by atoms with Gasteiger partial charge in [-0.1, -0.05) is 71.9 Å². The number of rotatable bonds is 9. The number of fused-ring (bicyclic) bond motifs is 2. The summed E-state index contributed by atoms with van der Waals surface area (Å²) >= 11 is 0. The SMILES string of the molecule is O=C1C(Cc2ccc(O)cc2)N2C(=O)CN(Cc3cc(-c4ccccn4)no3)N(C(=O)NCc3ccccc3)C2CN1Cc1cccc2ncccc12. The quantitative estimate of drug-likeness (QED) is 0.217. The lowest BCUT2D eigenvalue weighted by atomic mass is 9.98. The average Bonchev–Trinajstić information content (AvgIpc) is 3.66. The predicted molar refractivity (Wildman–Crippen MR) is 194 cm³/mol. The summed E-state index contributed by atoms with van der Waals surface area (Å²) in [5.41, 5.74) is 4.51. The molecule has 2 saturated heterocycles. The van der Waals surface area contributed by atoms with Crippen molar-refractivity contribution in [3.8, 4) is 17.1 Å². The Bertz CT molecular complexity index is 2240. The van der Waals surface area contributed by atoms with Crippen LogP contribution in [0.2, 0.25) is 0 Å². The fraction of sp³-hybridized carbons (Fsp3) is 0.200. The second-order valence-corrected chi connectivity index (χ2v) is 13.1. The van der Waals surface area contributed by atoms with Gasteiger partial charge in [-0.3, -0.25) is 19.6 Å². The van der Waals surface area contributed by atoms with E-state index in [4.69, 9.17) is 4.52 Å². The van der Waals surface area contributed by atoms with Crippen LogP contribution in [0.25, 0.3) is 22.3 Å². The number of phenols is 1. The summed E-state index contributed by atoms with van der Waals surface area (Å²) in [5, 5.41) is 21.3. The van der Waals surface area contributed by atoms with Gasteiger partial charge in [-0.15, -0.1) is 0 Å². The number of benzene rings is 3. The predicted octanol–water partition coefficient (Wildman–Crippen LogP) is 4.74. The Morgan fingerprint density at radius 3 is 2.45 bits per heavy atom. The van der Waals surface area contributed by atoms with Crippen LogP contribution in [0.3, 0.4) is 0 Å². The van der Waals surface area contributed by atoms with Gasteiger partial charge < -0.3 is 24.7 Å². The molecule has 8 rings (SSSR count). The fourth-order valence-electron chi connectivity index (χ4n) is 7.10. The summed E-state index contributed by atoms with van der Waals surface area (Å²) < 4.78 is 5.71. The molecule has 2 aliphatic rings. The molecule has 0 saturated carbocycles. The van der Waals surface area contributed by atoms with Crippen LogP contribution in [0.15, 0.2) is 126 Å². The Hall–Kier alpha value is -6.60. The van der Waals surface area contributed by atoms with Crippen molar-refractivity contribution < 1.29 is 24.0 Å². The van der Waals surface area contributed by atoms with Crippen LogP contribution in [-0.2, 0) is 35.6 Å². The molecule has 2 aliphatic heterocycles. The molecule has 2 N–H and O–H groups in total. The van der Waals surface area contributed by atoms with E-state index in [0.717, 1.165) is 27.6 Å². The zero-order chi connectivity index (χ0) is 36.3. The zero-order valence-corrected chi connectivity index (χ0v) is 28.7. The number of hydrazine groups is 1. The summed E-state index contributed by atoms with van der Waals surface area (Å²) in [6.45, 7) is 0.405. The highest BCUT2D eigenvalue weighted by Crippen LogP contribution is 2.32. The standard InChI is InChI=1S/C40H36N8O5/c49-30-16-14-27(15-17-30)20-36-39(51)45(23-29-10-6-13-33-32(29)11-7-19-41-33)25-37-47(36)38(50)26-46(48(37)40(52)43-22-28-8-2-1-3-9-28)24-31-21-35(44-53-31)34-12-4-5-18-42-34/h1-19,21,36-37,49H,20,22-26H2,(H,43,52). The van der Waals surface area contributed by atoms with E-state index in [1.165, 1.54) is 0 Å². The summed E-state index contributed by atoms with van der Waals surface area (Å²) in [6, 6.07) is 31.6. The number of urea groups is 1. The minimum Gasteiger partial charge on any atom is -0.508 e.